The maximum Gasteiger partial charge on any atom is 0.123 e. The van der Waals surface area contributed by atoms with Gasteiger partial charge in [-0.15, -0.1) is 0 Å². The standard InChI is InChI=1S/C16H24N2O2/c1-17-15-6-8-19-12-14(15)11-18-7-9-20-16-5-3-2-4-13(16)10-18/h2-5,14-15,17H,6-12H2,1H3. The lowest BCUT2D eigenvalue weighted by Crippen LogP contribution is -2.46. The Kier molecular flexibility index (Phi) is 4.55. The van der Waals surface area contributed by atoms with E-state index in [1.54, 1.807) is 0 Å². The second-order valence-electron chi connectivity index (χ2n) is 5.71. The Morgan fingerprint density at radius 1 is 1.30 bits per heavy atom. The van der Waals surface area contributed by atoms with E-state index in [2.05, 4.69) is 35.5 Å². The smallest absolute Gasteiger partial charge is 0.123 e. The van der Waals surface area contributed by atoms with E-state index >= 15 is 0 Å². The number of fused-ring (bicyclic) bond motifs is 1. The summed E-state index contributed by atoms with van der Waals surface area (Å²) in [6, 6.07) is 8.94. The van der Waals surface area contributed by atoms with Crippen molar-refractivity contribution in [3.8, 4) is 5.75 Å². The summed E-state index contributed by atoms with van der Waals surface area (Å²) in [4.78, 5) is 2.50. The number of ether oxygens (including phenoxy) is 2. The first-order valence-electron chi connectivity index (χ1n) is 7.55. The number of nitrogens with zero attached hydrogens (tertiary/aromatic N) is 1. The van der Waals surface area contributed by atoms with E-state index in [-0.39, 0.29) is 0 Å². The number of nitrogens with one attached hydrogen (secondary N) is 1. The van der Waals surface area contributed by atoms with Gasteiger partial charge in [0.25, 0.3) is 0 Å². The Hall–Kier alpha value is -1.10. The van der Waals surface area contributed by atoms with Gasteiger partial charge in [0, 0.05) is 43.8 Å². The minimum atomic E-state index is 0.569. The Morgan fingerprint density at radius 3 is 3.10 bits per heavy atom. The molecule has 1 aromatic rings. The molecule has 0 radical (unpaired) electrons. The lowest BCUT2D eigenvalue weighted by Gasteiger charge is -2.34. The maximum atomic E-state index is 5.83. The van der Waals surface area contributed by atoms with E-state index in [4.69, 9.17) is 9.47 Å². The van der Waals surface area contributed by atoms with Crippen LogP contribution in [-0.4, -0.2) is 50.9 Å². The Morgan fingerprint density at radius 2 is 2.20 bits per heavy atom. The van der Waals surface area contributed by atoms with Crippen molar-refractivity contribution < 1.29 is 9.47 Å². The number of benzene rings is 1. The molecule has 0 spiro atoms. The van der Waals surface area contributed by atoms with Crippen LogP contribution in [-0.2, 0) is 11.3 Å². The highest BCUT2D eigenvalue weighted by atomic mass is 16.5. The zero-order valence-electron chi connectivity index (χ0n) is 12.2. The Bertz CT molecular complexity index is 438. The molecule has 0 aliphatic carbocycles. The molecule has 2 aliphatic rings. The molecule has 1 fully saturated rings. The highest BCUT2D eigenvalue weighted by molar-refractivity contribution is 5.33. The first kappa shape index (κ1) is 13.9. The second-order valence-corrected chi connectivity index (χ2v) is 5.71. The maximum absolute atomic E-state index is 5.83. The largest absolute Gasteiger partial charge is 0.492 e. The molecule has 0 bridgehead atoms. The average Bonchev–Trinajstić information content (AvgIpc) is 2.69. The van der Waals surface area contributed by atoms with Crippen molar-refractivity contribution in [3.05, 3.63) is 29.8 Å². The van der Waals surface area contributed by atoms with Gasteiger partial charge in [0.1, 0.15) is 12.4 Å². The van der Waals surface area contributed by atoms with Gasteiger partial charge >= 0.3 is 0 Å². The fourth-order valence-electron chi connectivity index (χ4n) is 3.22. The normalized spacial score (nSPS) is 27.4. The monoisotopic (exact) mass is 276 g/mol. The van der Waals surface area contributed by atoms with E-state index in [9.17, 15) is 0 Å². The summed E-state index contributed by atoms with van der Waals surface area (Å²) in [7, 11) is 2.06. The van der Waals surface area contributed by atoms with Crippen LogP contribution in [0.5, 0.6) is 5.75 Å². The van der Waals surface area contributed by atoms with Crippen LogP contribution in [0, 0.1) is 5.92 Å². The van der Waals surface area contributed by atoms with E-state index < -0.39 is 0 Å². The number of hydrogen-bond donors (Lipinski definition) is 1. The zero-order chi connectivity index (χ0) is 13.8. The molecular weight excluding hydrogens is 252 g/mol. The third-order valence-corrected chi connectivity index (χ3v) is 4.37. The molecular formula is C16H24N2O2. The lowest BCUT2D eigenvalue weighted by atomic mass is 9.95. The van der Waals surface area contributed by atoms with Crippen LogP contribution in [0.2, 0.25) is 0 Å². The molecule has 4 nitrogen and oxygen atoms in total. The zero-order valence-corrected chi connectivity index (χ0v) is 12.2. The average molecular weight is 276 g/mol. The SMILES string of the molecule is CNC1CCOCC1CN1CCOc2ccccc2C1. The van der Waals surface area contributed by atoms with Gasteiger partial charge in [-0.1, -0.05) is 18.2 Å². The number of rotatable bonds is 3. The van der Waals surface area contributed by atoms with Crippen molar-refractivity contribution in [2.24, 2.45) is 5.92 Å². The third kappa shape index (κ3) is 3.14. The molecule has 2 atom stereocenters. The number of para-hydroxylation sites is 1. The summed E-state index contributed by atoms with van der Waals surface area (Å²) in [5, 5.41) is 3.44. The van der Waals surface area contributed by atoms with Gasteiger partial charge in [0.15, 0.2) is 0 Å². The van der Waals surface area contributed by atoms with Gasteiger partial charge in [0.05, 0.1) is 6.61 Å². The molecule has 2 aliphatic heterocycles. The van der Waals surface area contributed by atoms with Crippen molar-refractivity contribution in [2.45, 2.75) is 19.0 Å². The minimum Gasteiger partial charge on any atom is -0.492 e. The van der Waals surface area contributed by atoms with Crippen LogP contribution in [0.1, 0.15) is 12.0 Å². The fourth-order valence-corrected chi connectivity index (χ4v) is 3.22. The topological polar surface area (TPSA) is 33.7 Å². The molecule has 3 rings (SSSR count). The predicted octanol–water partition coefficient (Wildman–Crippen LogP) is 1.51. The summed E-state index contributed by atoms with van der Waals surface area (Å²) < 4.78 is 11.5. The van der Waals surface area contributed by atoms with Crippen molar-refractivity contribution >= 4 is 0 Å². The van der Waals surface area contributed by atoms with Crippen LogP contribution < -0.4 is 10.1 Å². The molecule has 110 valence electrons. The molecule has 0 saturated carbocycles. The van der Waals surface area contributed by atoms with E-state index in [0.717, 1.165) is 51.6 Å². The van der Waals surface area contributed by atoms with E-state index in [0.29, 0.717) is 12.0 Å². The van der Waals surface area contributed by atoms with Crippen molar-refractivity contribution in [1.82, 2.24) is 10.2 Å². The van der Waals surface area contributed by atoms with Gasteiger partial charge in [-0.25, -0.2) is 0 Å². The minimum absolute atomic E-state index is 0.569. The predicted molar refractivity (Wildman–Crippen MR) is 79.0 cm³/mol. The molecule has 1 saturated heterocycles. The summed E-state index contributed by atoms with van der Waals surface area (Å²) in [6.07, 6.45) is 1.11. The van der Waals surface area contributed by atoms with Gasteiger partial charge in [0.2, 0.25) is 0 Å². The lowest BCUT2D eigenvalue weighted by molar-refractivity contribution is 0.0167. The number of hydrogen-bond acceptors (Lipinski definition) is 4. The van der Waals surface area contributed by atoms with Crippen molar-refractivity contribution in [2.75, 3.05) is 40.0 Å². The summed E-state index contributed by atoms with van der Waals surface area (Å²) in [5.74, 6) is 1.61. The first-order valence-corrected chi connectivity index (χ1v) is 7.55. The Labute approximate surface area is 121 Å². The second kappa shape index (κ2) is 6.57. The van der Waals surface area contributed by atoms with Gasteiger partial charge in [-0.05, 0) is 19.5 Å². The molecule has 1 N–H and O–H groups in total. The van der Waals surface area contributed by atoms with Crippen LogP contribution in [0.15, 0.2) is 24.3 Å². The molecule has 2 heterocycles. The molecule has 1 aromatic carbocycles. The summed E-state index contributed by atoms with van der Waals surface area (Å²) in [5.41, 5.74) is 1.29. The van der Waals surface area contributed by atoms with Crippen LogP contribution in [0.3, 0.4) is 0 Å². The molecule has 0 amide bonds. The van der Waals surface area contributed by atoms with Gasteiger partial charge in [-0.2, -0.15) is 0 Å². The van der Waals surface area contributed by atoms with E-state index in [1.165, 1.54) is 5.56 Å². The molecule has 20 heavy (non-hydrogen) atoms. The fraction of sp³-hybridized carbons (Fsp3) is 0.625. The quantitative estimate of drug-likeness (QED) is 0.907. The Balaban J connectivity index is 1.65. The first-order chi connectivity index (χ1) is 9.86. The van der Waals surface area contributed by atoms with Crippen LogP contribution >= 0.6 is 0 Å². The summed E-state index contributed by atoms with van der Waals surface area (Å²) in [6.45, 7) is 5.56. The van der Waals surface area contributed by atoms with Crippen molar-refractivity contribution in [3.63, 3.8) is 0 Å². The molecule has 0 aromatic heterocycles. The van der Waals surface area contributed by atoms with Crippen LogP contribution in [0.25, 0.3) is 0 Å². The third-order valence-electron chi connectivity index (χ3n) is 4.37. The van der Waals surface area contributed by atoms with Crippen molar-refractivity contribution in [1.29, 1.82) is 0 Å². The summed E-state index contributed by atoms with van der Waals surface area (Å²) >= 11 is 0. The molecule has 4 heteroatoms. The molecule has 2 unspecified atom stereocenters. The van der Waals surface area contributed by atoms with E-state index in [1.807, 2.05) is 6.07 Å². The van der Waals surface area contributed by atoms with Crippen LogP contribution in [0.4, 0.5) is 0 Å². The highest BCUT2D eigenvalue weighted by Crippen LogP contribution is 2.24. The van der Waals surface area contributed by atoms with Gasteiger partial charge in [-0.3, -0.25) is 4.90 Å². The highest BCUT2D eigenvalue weighted by Gasteiger charge is 2.27. The van der Waals surface area contributed by atoms with Gasteiger partial charge < -0.3 is 14.8 Å².